The predicted octanol–water partition coefficient (Wildman–Crippen LogP) is 0.711. The Bertz CT molecular complexity index is 892. The summed E-state index contributed by atoms with van der Waals surface area (Å²) < 4.78 is 11.1. The number of ketones is 1. The Morgan fingerprint density at radius 3 is 2.36 bits per heavy atom. The zero-order valence-electron chi connectivity index (χ0n) is 19.7. The van der Waals surface area contributed by atoms with Crippen LogP contribution in [0.3, 0.4) is 0 Å². The zero-order chi connectivity index (χ0) is 24.0. The Balaban J connectivity index is 0.00000306. The van der Waals surface area contributed by atoms with Gasteiger partial charge in [0.05, 0.1) is 35.9 Å². The number of fused-ring (bicyclic) bond motifs is 5. The van der Waals surface area contributed by atoms with Gasteiger partial charge in [-0.2, -0.15) is 0 Å². The van der Waals surface area contributed by atoms with E-state index in [1.807, 2.05) is 0 Å². The third kappa shape index (κ3) is 3.51. The van der Waals surface area contributed by atoms with Gasteiger partial charge in [-0.3, -0.25) is 9.59 Å². The van der Waals surface area contributed by atoms with Crippen LogP contribution in [0.1, 0.15) is 47.5 Å². The van der Waals surface area contributed by atoms with E-state index in [0.29, 0.717) is 11.1 Å². The molecule has 4 rings (SSSR count). The van der Waals surface area contributed by atoms with Gasteiger partial charge in [0.15, 0.2) is 11.9 Å². The van der Waals surface area contributed by atoms with Gasteiger partial charge in [-0.25, -0.2) is 0 Å². The number of hydrogen-bond acceptors (Lipinski definition) is 8. The van der Waals surface area contributed by atoms with Crippen LogP contribution in [-0.4, -0.2) is 80.3 Å². The number of carbonyl (C=O) groups excluding carboxylic acids is 2. The van der Waals surface area contributed by atoms with Crippen molar-refractivity contribution in [2.75, 3.05) is 12.5 Å². The van der Waals surface area contributed by atoms with E-state index in [9.17, 15) is 30.0 Å². The second-order valence-corrected chi connectivity index (χ2v) is 11.1. The number of aliphatic hydroxyl groups is 4. The quantitative estimate of drug-likeness (QED) is 0.188. The van der Waals surface area contributed by atoms with Crippen molar-refractivity contribution in [1.29, 1.82) is 0 Å². The van der Waals surface area contributed by atoms with Crippen molar-refractivity contribution < 1.29 is 83.6 Å². The number of alkyl halides is 1. The number of carbonyl (C=O) groups is 2. The molecule has 9 atom stereocenters. The van der Waals surface area contributed by atoms with E-state index in [2.05, 4.69) is 0 Å². The molecule has 0 aromatic heterocycles. The molecule has 183 valence electrons. The molecule has 0 aromatic rings. The van der Waals surface area contributed by atoms with Crippen LogP contribution in [0.5, 0.6) is 0 Å². The minimum Gasteiger partial charge on any atom is -0.449 e. The first-order valence-corrected chi connectivity index (χ1v) is 11.6. The number of rotatable bonds is 2. The molecular formula is C23H33AcClO8. The zero-order valence-corrected chi connectivity index (χ0v) is 25.2. The van der Waals surface area contributed by atoms with Crippen molar-refractivity contribution in [2.45, 2.75) is 83.1 Å². The maximum atomic E-state index is 14.2. The van der Waals surface area contributed by atoms with Crippen LogP contribution in [0, 0.1) is 66.7 Å². The molecule has 1 heterocycles. The standard InChI is InChI=1S/C23H33ClO8.Ac/c1-10-12(25)7-23(30)11(2)18-21(5,13(26)6-14-22(18,29)9-31-14)19(28)17(32-15(27)8-24)16(10)20(23,3)4;/h11-14,17-18,25-26,29-30H,6-9H2,1-5H3;/t11?,12?,13?,14?,17?,18?,21-,22?,23?;/m1./s1. The molecule has 0 spiro atoms. The van der Waals surface area contributed by atoms with Crippen LogP contribution in [-0.2, 0) is 19.1 Å². The molecule has 1 radical (unpaired) electrons. The Labute approximate surface area is 234 Å². The minimum absolute atomic E-state index is 0. The normalized spacial score (nSPS) is 48.4. The van der Waals surface area contributed by atoms with E-state index in [0.717, 1.165) is 0 Å². The molecule has 8 unspecified atom stereocenters. The number of hydrogen-bond donors (Lipinski definition) is 4. The second kappa shape index (κ2) is 8.76. The molecule has 3 aliphatic carbocycles. The van der Waals surface area contributed by atoms with E-state index in [1.54, 1.807) is 34.6 Å². The van der Waals surface area contributed by atoms with Crippen molar-refractivity contribution in [3.05, 3.63) is 11.1 Å². The van der Waals surface area contributed by atoms with Gasteiger partial charge in [-0.05, 0) is 30.9 Å². The molecule has 2 bridgehead atoms. The van der Waals surface area contributed by atoms with Crippen molar-refractivity contribution in [3.63, 3.8) is 0 Å². The van der Waals surface area contributed by atoms with E-state index < -0.39 is 75.9 Å². The van der Waals surface area contributed by atoms with Crippen molar-refractivity contribution in [1.82, 2.24) is 0 Å². The van der Waals surface area contributed by atoms with Gasteiger partial charge in [0.25, 0.3) is 0 Å². The largest absolute Gasteiger partial charge is 0.449 e. The van der Waals surface area contributed by atoms with Gasteiger partial charge in [0, 0.05) is 68.2 Å². The Morgan fingerprint density at radius 2 is 1.85 bits per heavy atom. The topological polar surface area (TPSA) is 134 Å². The second-order valence-electron chi connectivity index (χ2n) is 10.8. The number of Topliss-reactive ketones (excluding diaryl/α,β-unsaturated/α-hetero) is 1. The first kappa shape index (κ1) is 28.0. The van der Waals surface area contributed by atoms with Crippen LogP contribution in [0.25, 0.3) is 0 Å². The monoisotopic (exact) mass is 699 g/mol. The van der Waals surface area contributed by atoms with Crippen LogP contribution in [0.4, 0.5) is 0 Å². The molecule has 33 heavy (non-hydrogen) atoms. The van der Waals surface area contributed by atoms with Crippen LogP contribution in [0.15, 0.2) is 11.1 Å². The smallest absolute Gasteiger partial charge is 0.321 e. The average Bonchev–Trinajstić information content (AvgIpc) is 2.71. The number of halogens is 1. The molecule has 0 amide bonds. The Morgan fingerprint density at radius 1 is 1.24 bits per heavy atom. The van der Waals surface area contributed by atoms with Gasteiger partial charge in [-0.15, -0.1) is 11.6 Å². The third-order valence-corrected chi connectivity index (χ3v) is 9.43. The molecule has 1 saturated heterocycles. The van der Waals surface area contributed by atoms with E-state index in [4.69, 9.17) is 21.1 Å². The van der Waals surface area contributed by atoms with Crippen molar-refractivity contribution >= 4 is 23.4 Å². The summed E-state index contributed by atoms with van der Waals surface area (Å²) in [4.78, 5) is 26.5. The Hall–Kier alpha value is 0.412. The van der Waals surface area contributed by atoms with E-state index >= 15 is 0 Å². The average molecular weight is 700 g/mol. The molecule has 10 heteroatoms. The van der Waals surface area contributed by atoms with Gasteiger partial charge in [0.1, 0.15) is 11.5 Å². The molecule has 2 saturated carbocycles. The van der Waals surface area contributed by atoms with Gasteiger partial charge in [-0.1, -0.05) is 20.8 Å². The van der Waals surface area contributed by atoms with Crippen molar-refractivity contribution in [2.24, 2.45) is 22.7 Å². The summed E-state index contributed by atoms with van der Waals surface area (Å²) >= 11 is 5.68. The molecule has 1 aliphatic heterocycles. The summed E-state index contributed by atoms with van der Waals surface area (Å²) in [6.07, 6.45) is -4.39. The fourth-order valence-corrected chi connectivity index (χ4v) is 7.30. The number of ether oxygens (including phenoxy) is 2. The Kier molecular flexibility index (Phi) is 7.43. The van der Waals surface area contributed by atoms with E-state index in [-0.39, 0.29) is 63.5 Å². The summed E-state index contributed by atoms with van der Waals surface area (Å²) in [5, 5.41) is 45.9. The summed E-state index contributed by atoms with van der Waals surface area (Å²) in [6.45, 7) is 8.45. The first-order valence-electron chi connectivity index (χ1n) is 11.1. The van der Waals surface area contributed by atoms with Gasteiger partial charge < -0.3 is 29.9 Å². The summed E-state index contributed by atoms with van der Waals surface area (Å²) in [6, 6.07) is 0. The van der Waals surface area contributed by atoms with Crippen LogP contribution < -0.4 is 0 Å². The number of aliphatic hydroxyl groups excluding tert-OH is 2. The minimum atomic E-state index is -1.58. The molecule has 4 N–H and O–H groups in total. The summed E-state index contributed by atoms with van der Waals surface area (Å²) in [5.41, 5.74) is -4.89. The first-order chi connectivity index (χ1) is 14.7. The maximum absolute atomic E-state index is 14.2. The summed E-state index contributed by atoms with van der Waals surface area (Å²) in [7, 11) is 0. The fraction of sp³-hybridized carbons (Fsp3) is 0.826. The third-order valence-electron chi connectivity index (χ3n) is 9.22. The molecule has 4 aliphatic rings. The number of esters is 1. The SMILES string of the molecule is CC1=C2C(OC(=O)CCl)C(=O)[C@]3(C)C(O)CC4OCC4(O)C3C(C)C(O)(CC1O)C2(C)C.[Ac]. The maximum Gasteiger partial charge on any atom is 0.321 e. The van der Waals surface area contributed by atoms with Gasteiger partial charge in [0.2, 0.25) is 0 Å². The molecule has 0 aromatic carbocycles. The molecular weight excluding hydrogens is 667 g/mol. The fourth-order valence-electron chi connectivity index (χ4n) is 7.24. The van der Waals surface area contributed by atoms with Crippen LogP contribution in [0.2, 0.25) is 0 Å². The van der Waals surface area contributed by atoms with E-state index in [1.165, 1.54) is 0 Å². The van der Waals surface area contributed by atoms with Crippen molar-refractivity contribution in [3.8, 4) is 0 Å². The molecule has 8 nitrogen and oxygen atoms in total. The molecule has 3 fully saturated rings. The van der Waals surface area contributed by atoms with Gasteiger partial charge >= 0.3 is 5.97 Å². The van der Waals surface area contributed by atoms with Crippen LogP contribution >= 0.6 is 11.6 Å². The summed E-state index contributed by atoms with van der Waals surface area (Å²) in [5.74, 6) is -3.49. The predicted molar refractivity (Wildman–Crippen MR) is 114 cm³/mol.